The van der Waals surface area contributed by atoms with Gasteiger partial charge in [0.2, 0.25) is 0 Å². The van der Waals surface area contributed by atoms with E-state index in [9.17, 15) is 0 Å². The van der Waals surface area contributed by atoms with Crippen LogP contribution in [0.4, 0.5) is 0 Å². The molecule has 1 aromatic heterocycles. The number of hydrogen-bond acceptors (Lipinski definition) is 3. The molecule has 1 aromatic rings. The van der Waals surface area contributed by atoms with Crippen molar-refractivity contribution in [3.63, 3.8) is 0 Å². The second kappa shape index (κ2) is 5.68. The summed E-state index contributed by atoms with van der Waals surface area (Å²) in [7, 11) is 0. The molecule has 2 rings (SSSR count). The molecule has 0 saturated carbocycles. The third-order valence-electron chi connectivity index (χ3n) is 3.16. The Hall–Kier alpha value is -0.450. The average molecular weight is 313 g/mol. The predicted octanol–water partition coefficient (Wildman–Crippen LogP) is 3.31. The van der Waals surface area contributed by atoms with Gasteiger partial charge in [0, 0.05) is 47.0 Å². The zero-order valence-electron chi connectivity index (χ0n) is 11.2. The Morgan fingerprint density at radius 3 is 2.89 bits per heavy atom. The van der Waals surface area contributed by atoms with Gasteiger partial charge >= 0.3 is 0 Å². The van der Waals surface area contributed by atoms with Crippen LogP contribution in [0.1, 0.15) is 38.9 Å². The van der Waals surface area contributed by atoms with Crippen molar-refractivity contribution in [1.82, 2.24) is 10.3 Å². The van der Waals surface area contributed by atoms with Gasteiger partial charge in [0.05, 0.1) is 6.10 Å². The molecule has 2 unspecified atom stereocenters. The second-order valence-electron chi connectivity index (χ2n) is 5.91. The lowest BCUT2D eigenvalue weighted by molar-refractivity contribution is 0.0886. The highest BCUT2D eigenvalue weighted by molar-refractivity contribution is 9.10. The standard InChI is InChI=1S/C14H21BrN2O/c1-14(2,3)17-8-10-4-5-18-13(10)11-6-12(15)9-16-7-11/h6-7,9-10,13,17H,4-5,8H2,1-3H3. The minimum Gasteiger partial charge on any atom is -0.373 e. The molecule has 0 spiro atoms. The molecule has 0 aliphatic carbocycles. The van der Waals surface area contributed by atoms with E-state index in [0.717, 1.165) is 24.0 Å². The largest absolute Gasteiger partial charge is 0.373 e. The molecule has 2 atom stereocenters. The molecule has 1 N–H and O–H groups in total. The fourth-order valence-electron chi connectivity index (χ4n) is 2.23. The SMILES string of the molecule is CC(C)(C)NCC1CCOC1c1cncc(Br)c1. The summed E-state index contributed by atoms with van der Waals surface area (Å²) < 4.78 is 6.88. The topological polar surface area (TPSA) is 34.1 Å². The zero-order valence-corrected chi connectivity index (χ0v) is 12.8. The first kappa shape index (κ1) is 14.0. The highest BCUT2D eigenvalue weighted by Gasteiger charge is 2.30. The molecule has 3 nitrogen and oxygen atoms in total. The average Bonchev–Trinajstić information content (AvgIpc) is 2.73. The van der Waals surface area contributed by atoms with Gasteiger partial charge in [0.1, 0.15) is 0 Å². The first-order valence-electron chi connectivity index (χ1n) is 6.43. The van der Waals surface area contributed by atoms with E-state index in [2.05, 4.69) is 53.1 Å². The van der Waals surface area contributed by atoms with E-state index in [4.69, 9.17) is 4.74 Å². The fraction of sp³-hybridized carbons (Fsp3) is 0.643. The maximum Gasteiger partial charge on any atom is 0.0881 e. The van der Waals surface area contributed by atoms with Crippen molar-refractivity contribution in [2.45, 2.75) is 38.8 Å². The van der Waals surface area contributed by atoms with Gasteiger partial charge in [0.25, 0.3) is 0 Å². The molecule has 1 fully saturated rings. The summed E-state index contributed by atoms with van der Waals surface area (Å²) in [6.07, 6.45) is 5.00. The number of ether oxygens (including phenoxy) is 1. The fourth-order valence-corrected chi connectivity index (χ4v) is 2.62. The summed E-state index contributed by atoms with van der Waals surface area (Å²) in [4.78, 5) is 4.22. The van der Waals surface area contributed by atoms with Gasteiger partial charge in [-0.3, -0.25) is 4.98 Å². The van der Waals surface area contributed by atoms with Gasteiger partial charge < -0.3 is 10.1 Å². The van der Waals surface area contributed by atoms with Crippen molar-refractivity contribution in [3.05, 3.63) is 28.5 Å². The van der Waals surface area contributed by atoms with Crippen LogP contribution < -0.4 is 5.32 Å². The van der Waals surface area contributed by atoms with Gasteiger partial charge in [-0.2, -0.15) is 0 Å². The van der Waals surface area contributed by atoms with Crippen molar-refractivity contribution < 1.29 is 4.74 Å². The van der Waals surface area contributed by atoms with E-state index < -0.39 is 0 Å². The molecule has 1 saturated heterocycles. The molecule has 18 heavy (non-hydrogen) atoms. The highest BCUT2D eigenvalue weighted by atomic mass is 79.9. The van der Waals surface area contributed by atoms with Crippen LogP contribution in [-0.2, 0) is 4.74 Å². The quantitative estimate of drug-likeness (QED) is 0.929. The van der Waals surface area contributed by atoms with Crippen molar-refractivity contribution >= 4 is 15.9 Å². The van der Waals surface area contributed by atoms with Crippen LogP contribution in [0, 0.1) is 5.92 Å². The van der Waals surface area contributed by atoms with Gasteiger partial charge in [0.15, 0.2) is 0 Å². The van der Waals surface area contributed by atoms with Gasteiger partial charge in [-0.1, -0.05) is 0 Å². The van der Waals surface area contributed by atoms with Crippen LogP contribution in [-0.4, -0.2) is 23.7 Å². The maximum atomic E-state index is 5.87. The van der Waals surface area contributed by atoms with E-state index in [-0.39, 0.29) is 11.6 Å². The second-order valence-corrected chi connectivity index (χ2v) is 6.82. The normalized spacial score (nSPS) is 24.4. The van der Waals surface area contributed by atoms with Crippen LogP contribution in [0.5, 0.6) is 0 Å². The molecule has 0 aromatic carbocycles. The number of nitrogens with one attached hydrogen (secondary N) is 1. The summed E-state index contributed by atoms with van der Waals surface area (Å²) in [6, 6.07) is 2.10. The van der Waals surface area contributed by atoms with Crippen LogP contribution in [0.25, 0.3) is 0 Å². The summed E-state index contributed by atoms with van der Waals surface area (Å²) >= 11 is 3.47. The third-order valence-corrected chi connectivity index (χ3v) is 3.60. The van der Waals surface area contributed by atoms with Crippen LogP contribution in [0.3, 0.4) is 0 Å². The van der Waals surface area contributed by atoms with Crippen molar-refractivity contribution in [3.8, 4) is 0 Å². The number of rotatable bonds is 3. The van der Waals surface area contributed by atoms with Crippen LogP contribution in [0.2, 0.25) is 0 Å². The summed E-state index contributed by atoms with van der Waals surface area (Å²) in [5, 5.41) is 3.57. The van der Waals surface area contributed by atoms with Crippen molar-refractivity contribution in [2.75, 3.05) is 13.2 Å². The molecular formula is C14H21BrN2O. The van der Waals surface area contributed by atoms with Crippen LogP contribution >= 0.6 is 15.9 Å². The Balaban J connectivity index is 2.03. The van der Waals surface area contributed by atoms with E-state index in [0.29, 0.717) is 5.92 Å². The number of nitrogens with zero attached hydrogens (tertiary/aromatic N) is 1. The molecule has 4 heteroatoms. The lowest BCUT2D eigenvalue weighted by Gasteiger charge is -2.25. The van der Waals surface area contributed by atoms with Crippen molar-refractivity contribution in [2.24, 2.45) is 5.92 Å². The summed E-state index contributed by atoms with van der Waals surface area (Å²) in [5.41, 5.74) is 1.32. The Morgan fingerprint density at radius 2 is 2.22 bits per heavy atom. The smallest absolute Gasteiger partial charge is 0.0881 e. The van der Waals surface area contributed by atoms with E-state index in [1.807, 2.05) is 6.20 Å². The predicted molar refractivity (Wildman–Crippen MR) is 76.5 cm³/mol. The number of halogens is 1. The Kier molecular flexibility index (Phi) is 4.41. The Bertz CT molecular complexity index is 403. The lowest BCUT2D eigenvalue weighted by Crippen LogP contribution is -2.39. The Morgan fingerprint density at radius 1 is 1.44 bits per heavy atom. The first-order chi connectivity index (χ1) is 8.46. The minimum absolute atomic E-state index is 0.155. The summed E-state index contributed by atoms with van der Waals surface area (Å²) in [6.45, 7) is 8.41. The minimum atomic E-state index is 0.155. The maximum absolute atomic E-state index is 5.87. The molecule has 1 aliphatic heterocycles. The third kappa shape index (κ3) is 3.77. The van der Waals surface area contributed by atoms with E-state index >= 15 is 0 Å². The molecule has 1 aliphatic rings. The molecular weight excluding hydrogens is 292 g/mol. The lowest BCUT2D eigenvalue weighted by atomic mass is 9.95. The molecule has 2 heterocycles. The highest BCUT2D eigenvalue weighted by Crippen LogP contribution is 2.34. The summed E-state index contributed by atoms with van der Waals surface area (Å²) in [5.74, 6) is 0.528. The molecule has 100 valence electrons. The van der Waals surface area contributed by atoms with E-state index in [1.54, 1.807) is 6.20 Å². The number of pyridine rings is 1. The first-order valence-corrected chi connectivity index (χ1v) is 7.22. The monoisotopic (exact) mass is 312 g/mol. The van der Waals surface area contributed by atoms with Crippen molar-refractivity contribution in [1.29, 1.82) is 0 Å². The Labute approximate surface area is 117 Å². The van der Waals surface area contributed by atoms with Gasteiger partial charge in [-0.05, 0) is 49.2 Å². The molecule has 0 bridgehead atoms. The number of aromatic nitrogens is 1. The molecule has 0 amide bonds. The van der Waals surface area contributed by atoms with Gasteiger partial charge in [-0.25, -0.2) is 0 Å². The zero-order chi connectivity index (χ0) is 13.2. The van der Waals surface area contributed by atoms with Gasteiger partial charge in [-0.15, -0.1) is 0 Å². The molecule has 0 radical (unpaired) electrons. The van der Waals surface area contributed by atoms with Crippen LogP contribution in [0.15, 0.2) is 22.9 Å². The van der Waals surface area contributed by atoms with E-state index in [1.165, 1.54) is 5.56 Å². The number of hydrogen-bond donors (Lipinski definition) is 1.